The summed E-state index contributed by atoms with van der Waals surface area (Å²) in [6.45, 7) is 2.91. The van der Waals surface area contributed by atoms with Crippen molar-refractivity contribution in [1.82, 2.24) is 15.1 Å². The summed E-state index contributed by atoms with van der Waals surface area (Å²) in [7, 11) is 0. The quantitative estimate of drug-likeness (QED) is 0.671. The Morgan fingerprint density at radius 2 is 2.32 bits per heavy atom. The van der Waals surface area contributed by atoms with E-state index in [-0.39, 0.29) is 18.9 Å². The minimum Gasteiger partial charge on any atom is -0.481 e. The van der Waals surface area contributed by atoms with E-state index in [0.717, 1.165) is 0 Å². The van der Waals surface area contributed by atoms with Gasteiger partial charge in [0, 0.05) is 38.5 Å². The molecule has 1 heterocycles. The van der Waals surface area contributed by atoms with Crippen LogP contribution in [0.15, 0.2) is 18.5 Å². The highest BCUT2D eigenvalue weighted by atomic mass is 16.5. The summed E-state index contributed by atoms with van der Waals surface area (Å²) in [5.41, 5.74) is 0. The Bertz CT molecular complexity index is 392. The second-order valence-corrected chi connectivity index (χ2v) is 4.00. The van der Waals surface area contributed by atoms with E-state index in [4.69, 9.17) is 9.84 Å². The van der Waals surface area contributed by atoms with Gasteiger partial charge < -0.3 is 15.2 Å². The van der Waals surface area contributed by atoms with Gasteiger partial charge in [0.1, 0.15) is 0 Å². The predicted octanol–water partition coefficient (Wildman–Crippen LogP) is 0.269. The molecule has 1 aromatic heterocycles. The Balaban J connectivity index is 2.24. The minimum absolute atomic E-state index is 0.118. The number of nitrogens with zero attached hydrogens (tertiary/aromatic N) is 2. The molecule has 1 unspecified atom stereocenters. The van der Waals surface area contributed by atoms with Crippen LogP contribution in [0.4, 0.5) is 0 Å². The van der Waals surface area contributed by atoms with Gasteiger partial charge in [0.15, 0.2) is 0 Å². The van der Waals surface area contributed by atoms with Crippen molar-refractivity contribution >= 4 is 11.9 Å². The van der Waals surface area contributed by atoms with Gasteiger partial charge in [-0.2, -0.15) is 5.10 Å². The smallest absolute Gasteiger partial charge is 0.306 e. The normalized spacial score (nSPS) is 12.1. The van der Waals surface area contributed by atoms with Crippen LogP contribution >= 0.6 is 0 Å². The third-order valence-electron chi connectivity index (χ3n) is 2.46. The zero-order valence-corrected chi connectivity index (χ0v) is 10.9. The van der Waals surface area contributed by atoms with Gasteiger partial charge in [-0.15, -0.1) is 0 Å². The number of aliphatic carboxylic acids is 1. The number of carboxylic acids is 1. The van der Waals surface area contributed by atoms with E-state index in [1.807, 2.05) is 0 Å². The van der Waals surface area contributed by atoms with Crippen molar-refractivity contribution in [1.29, 1.82) is 0 Å². The monoisotopic (exact) mass is 269 g/mol. The molecule has 7 heteroatoms. The first kappa shape index (κ1) is 15.2. The van der Waals surface area contributed by atoms with Crippen LogP contribution in [0.5, 0.6) is 0 Å². The standard InChI is InChI=1S/C12H19N3O4/c1-2-19-10(8-12(17)18)9-13-11(16)4-7-15-6-3-5-14-15/h3,5-6,10H,2,4,7-9H2,1H3,(H,13,16)(H,17,18). The topological polar surface area (TPSA) is 93.5 Å². The average Bonchev–Trinajstić information content (AvgIpc) is 2.86. The first-order valence-electron chi connectivity index (χ1n) is 6.19. The largest absolute Gasteiger partial charge is 0.481 e. The number of aryl methyl sites for hydroxylation is 1. The Kier molecular flexibility index (Phi) is 6.59. The maximum Gasteiger partial charge on any atom is 0.306 e. The molecule has 2 N–H and O–H groups in total. The van der Waals surface area contributed by atoms with Gasteiger partial charge in [-0.25, -0.2) is 0 Å². The van der Waals surface area contributed by atoms with Gasteiger partial charge in [0.05, 0.1) is 12.5 Å². The molecule has 0 saturated carbocycles. The Morgan fingerprint density at radius 3 is 2.89 bits per heavy atom. The van der Waals surface area contributed by atoms with Crippen LogP contribution in [0.3, 0.4) is 0 Å². The molecule has 19 heavy (non-hydrogen) atoms. The number of hydrogen-bond acceptors (Lipinski definition) is 4. The third kappa shape index (κ3) is 6.56. The molecular weight excluding hydrogens is 250 g/mol. The predicted molar refractivity (Wildman–Crippen MR) is 67.5 cm³/mol. The summed E-state index contributed by atoms with van der Waals surface area (Å²) in [6, 6.07) is 1.79. The zero-order chi connectivity index (χ0) is 14.1. The SMILES string of the molecule is CCOC(CNC(=O)CCn1cccn1)CC(=O)O. The fourth-order valence-corrected chi connectivity index (χ4v) is 1.59. The van der Waals surface area contributed by atoms with Crippen LogP contribution < -0.4 is 5.32 Å². The fraction of sp³-hybridized carbons (Fsp3) is 0.583. The van der Waals surface area contributed by atoms with E-state index in [2.05, 4.69) is 10.4 Å². The molecule has 0 aliphatic rings. The van der Waals surface area contributed by atoms with Crippen LogP contribution in [-0.4, -0.2) is 46.0 Å². The van der Waals surface area contributed by atoms with Gasteiger partial charge in [-0.3, -0.25) is 14.3 Å². The molecule has 1 aromatic rings. The number of amides is 1. The molecule has 0 saturated heterocycles. The van der Waals surface area contributed by atoms with Crippen LogP contribution in [0, 0.1) is 0 Å². The molecule has 0 aliphatic carbocycles. The van der Waals surface area contributed by atoms with E-state index in [1.165, 1.54) is 0 Å². The summed E-state index contributed by atoms with van der Waals surface area (Å²) in [5.74, 6) is -1.09. The average molecular weight is 269 g/mol. The number of nitrogens with one attached hydrogen (secondary N) is 1. The number of hydrogen-bond donors (Lipinski definition) is 2. The highest BCUT2D eigenvalue weighted by molar-refractivity contribution is 5.76. The summed E-state index contributed by atoms with van der Waals surface area (Å²) in [5, 5.41) is 15.4. The van der Waals surface area contributed by atoms with Crippen molar-refractivity contribution in [2.24, 2.45) is 0 Å². The van der Waals surface area contributed by atoms with Crippen LogP contribution in [0.1, 0.15) is 19.8 Å². The molecule has 0 fully saturated rings. The van der Waals surface area contributed by atoms with Gasteiger partial charge in [-0.1, -0.05) is 0 Å². The highest BCUT2D eigenvalue weighted by Crippen LogP contribution is 1.98. The van der Waals surface area contributed by atoms with Gasteiger partial charge in [0.25, 0.3) is 0 Å². The van der Waals surface area contributed by atoms with Crippen molar-refractivity contribution in [2.75, 3.05) is 13.2 Å². The van der Waals surface area contributed by atoms with Crippen molar-refractivity contribution in [2.45, 2.75) is 32.4 Å². The number of carbonyl (C=O) groups excluding carboxylic acids is 1. The van der Waals surface area contributed by atoms with Crippen LogP contribution in [-0.2, 0) is 20.9 Å². The van der Waals surface area contributed by atoms with E-state index in [1.54, 1.807) is 30.1 Å². The second kappa shape index (κ2) is 8.25. The first-order valence-corrected chi connectivity index (χ1v) is 6.19. The van der Waals surface area contributed by atoms with Crippen molar-refractivity contribution in [3.05, 3.63) is 18.5 Å². The molecule has 0 radical (unpaired) electrons. The number of aromatic nitrogens is 2. The lowest BCUT2D eigenvalue weighted by Crippen LogP contribution is -2.35. The number of carbonyl (C=O) groups is 2. The molecule has 1 amide bonds. The Labute approximate surface area is 111 Å². The maximum atomic E-state index is 11.6. The molecular formula is C12H19N3O4. The number of ether oxygens (including phenoxy) is 1. The van der Waals surface area contributed by atoms with E-state index in [0.29, 0.717) is 19.6 Å². The van der Waals surface area contributed by atoms with Crippen molar-refractivity contribution < 1.29 is 19.4 Å². The lowest BCUT2D eigenvalue weighted by atomic mass is 10.2. The number of rotatable bonds is 9. The summed E-state index contributed by atoms with van der Waals surface area (Å²) >= 11 is 0. The van der Waals surface area contributed by atoms with Gasteiger partial charge >= 0.3 is 5.97 Å². The van der Waals surface area contributed by atoms with E-state index >= 15 is 0 Å². The Morgan fingerprint density at radius 1 is 1.53 bits per heavy atom. The second-order valence-electron chi connectivity index (χ2n) is 4.00. The summed E-state index contributed by atoms with van der Waals surface area (Å²) < 4.78 is 6.90. The minimum atomic E-state index is -0.941. The third-order valence-corrected chi connectivity index (χ3v) is 2.46. The maximum absolute atomic E-state index is 11.6. The molecule has 0 bridgehead atoms. The summed E-state index contributed by atoms with van der Waals surface area (Å²) in [6.07, 6.45) is 3.12. The van der Waals surface area contributed by atoms with E-state index in [9.17, 15) is 9.59 Å². The van der Waals surface area contributed by atoms with Crippen LogP contribution in [0.25, 0.3) is 0 Å². The van der Waals surface area contributed by atoms with Crippen molar-refractivity contribution in [3.63, 3.8) is 0 Å². The molecule has 106 valence electrons. The van der Waals surface area contributed by atoms with Gasteiger partial charge in [0.2, 0.25) is 5.91 Å². The number of carboxylic acid groups (broad SMARTS) is 1. The lowest BCUT2D eigenvalue weighted by Gasteiger charge is -2.15. The first-order chi connectivity index (χ1) is 9.11. The fourth-order valence-electron chi connectivity index (χ4n) is 1.59. The molecule has 0 aromatic carbocycles. The lowest BCUT2D eigenvalue weighted by molar-refractivity contribution is -0.140. The van der Waals surface area contributed by atoms with Crippen LogP contribution in [0.2, 0.25) is 0 Å². The zero-order valence-electron chi connectivity index (χ0n) is 10.9. The molecule has 1 rings (SSSR count). The molecule has 0 spiro atoms. The highest BCUT2D eigenvalue weighted by Gasteiger charge is 2.14. The van der Waals surface area contributed by atoms with Gasteiger partial charge in [-0.05, 0) is 13.0 Å². The molecule has 1 atom stereocenters. The molecule has 7 nitrogen and oxygen atoms in total. The molecule has 0 aliphatic heterocycles. The summed E-state index contributed by atoms with van der Waals surface area (Å²) in [4.78, 5) is 22.2. The Hall–Kier alpha value is -1.89. The van der Waals surface area contributed by atoms with Crippen molar-refractivity contribution in [3.8, 4) is 0 Å². The van der Waals surface area contributed by atoms with E-state index < -0.39 is 12.1 Å².